The van der Waals surface area contributed by atoms with Gasteiger partial charge in [0.15, 0.2) is 5.96 Å². The summed E-state index contributed by atoms with van der Waals surface area (Å²) in [5, 5.41) is 7.41. The van der Waals surface area contributed by atoms with Crippen molar-refractivity contribution < 1.29 is 9.47 Å². The zero-order valence-electron chi connectivity index (χ0n) is 15.2. The molecule has 0 aliphatic heterocycles. The average molecular weight is 484 g/mol. The van der Waals surface area contributed by atoms with Crippen LogP contribution in [0.25, 0.3) is 0 Å². The maximum absolute atomic E-state index is 6.17. The van der Waals surface area contributed by atoms with Crippen molar-refractivity contribution in [1.29, 1.82) is 0 Å². The molecule has 7 heteroatoms. The number of nitrogens with one attached hydrogen (secondary N) is 2. The molecule has 0 saturated heterocycles. The van der Waals surface area contributed by atoms with E-state index >= 15 is 0 Å². The van der Waals surface area contributed by atoms with Crippen LogP contribution in [0.1, 0.15) is 25.3 Å². The number of nitrogens with zero attached hydrogens (tertiary/aromatic N) is 1. The summed E-state index contributed by atoms with van der Waals surface area (Å²) in [6, 6.07) is 7.97. The van der Waals surface area contributed by atoms with E-state index in [-0.39, 0.29) is 24.0 Å². The van der Waals surface area contributed by atoms with Gasteiger partial charge >= 0.3 is 0 Å². The van der Waals surface area contributed by atoms with Gasteiger partial charge in [-0.2, -0.15) is 0 Å². The van der Waals surface area contributed by atoms with Gasteiger partial charge in [-0.1, -0.05) is 29.8 Å². The van der Waals surface area contributed by atoms with Crippen LogP contribution in [-0.2, 0) is 15.9 Å². The highest BCUT2D eigenvalue weighted by atomic mass is 127. The Kier molecular flexibility index (Phi) is 16.5. The average Bonchev–Trinajstić information content (AvgIpc) is 2.59. The molecular weight excluding hydrogens is 453 g/mol. The standard InChI is InChI=1S/C18H30ClN3O2.HI/c1-3-20-18(22-12-7-13-24-15-14-23-2)21-11-6-9-16-8-4-5-10-17(16)19;/h4-5,8,10H,3,6-7,9,11-15H2,1-2H3,(H2,20,21,22);1H. The van der Waals surface area contributed by atoms with Gasteiger partial charge in [0, 0.05) is 38.4 Å². The first-order chi connectivity index (χ1) is 11.8. The van der Waals surface area contributed by atoms with E-state index in [9.17, 15) is 0 Å². The number of ether oxygens (including phenoxy) is 2. The molecule has 0 amide bonds. The number of benzene rings is 1. The van der Waals surface area contributed by atoms with E-state index in [0.717, 1.165) is 56.5 Å². The third-order valence-corrected chi connectivity index (χ3v) is 3.73. The van der Waals surface area contributed by atoms with E-state index < -0.39 is 0 Å². The lowest BCUT2D eigenvalue weighted by Crippen LogP contribution is -2.38. The van der Waals surface area contributed by atoms with Crippen LogP contribution in [0.2, 0.25) is 5.02 Å². The van der Waals surface area contributed by atoms with Crippen molar-refractivity contribution in [2.45, 2.75) is 26.2 Å². The molecule has 0 aromatic heterocycles. The van der Waals surface area contributed by atoms with E-state index in [4.69, 9.17) is 21.1 Å². The smallest absolute Gasteiger partial charge is 0.191 e. The van der Waals surface area contributed by atoms with E-state index in [1.807, 2.05) is 18.2 Å². The number of halogens is 2. The van der Waals surface area contributed by atoms with Gasteiger partial charge in [0.25, 0.3) is 0 Å². The minimum absolute atomic E-state index is 0. The first-order valence-corrected chi connectivity index (χ1v) is 8.98. The predicted molar refractivity (Wildman–Crippen MR) is 116 cm³/mol. The van der Waals surface area contributed by atoms with Crippen LogP contribution >= 0.6 is 35.6 Å². The quantitative estimate of drug-likeness (QED) is 0.207. The van der Waals surface area contributed by atoms with Gasteiger partial charge in [0.2, 0.25) is 0 Å². The monoisotopic (exact) mass is 483 g/mol. The summed E-state index contributed by atoms with van der Waals surface area (Å²) < 4.78 is 10.4. The Balaban J connectivity index is 0.00000576. The van der Waals surface area contributed by atoms with Crippen LogP contribution in [0.4, 0.5) is 0 Å². The molecule has 0 atom stereocenters. The molecular formula is C18H31ClIN3O2. The van der Waals surface area contributed by atoms with Gasteiger partial charge in [-0.25, -0.2) is 0 Å². The molecule has 0 saturated carbocycles. The predicted octanol–water partition coefficient (Wildman–Crippen LogP) is 3.50. The van der Waals surface area contributed by atoms with Crippen LogP contribution in [0.5, 0.6) is 0 Å². The van der Waals surface area contributed by atoms with Gasteiger partial charge in [0.05, 0.1) is 13.2 Å². The van der Waals surface area contributed by atoms with Gasteiger partial charge in [-0.05, 0) is 37.8 Å². The van der Waals surface area contributed by atoms with Crippen LogP contribution < -0.4 is 10.6 Å². The molecule has 0 bridgehead atoms. The lowest BCUT2D eigenvalue weighted by molar-refractivity contribution is 0.0698. The molecule has 0 unspecified atom stereocenters. The van der Waals surface area contributed by atoms with E-state index in [0.29, 0.717) is 13.2 Å². The molecule has 2 N–H and O–H groups in total. The number of guanidine groups is 1. The van der Waals surface area contributed by atoms with Crippen molar-refractivity contribution in [3.8, 4) is 0 Å². The summed E-state index contributed by atoms with van der Waals surface area (Å²) >= 11 is 6.17. The maximum atomic E-state index is 6.17. The topological polar surface area (TPSA) is 54.9 Å². The van der Waals surface area contributed by atoms with E-state index in [2.05, 4.69) is 28.6 Å². The first-order valence-electron chi connectivity index (χ1n) is 8.60. The Bertz CT molecular complexity index is 475. The Labute approximate surface area is 173 Å². The highest BCUT2D eigenvalue weighted by Crippen LogP contribution is 2.16. The molecule has 1 rings (SSSR count). The van der Waals surface area contributed by atoms with Crippen molar-refractivity contribution >= 4 is 41.5 Å². The summed E-state index contributed by atoms with van der Waals surface area (Å²) in [4.78, 5) is 4.60. The van der Waals surface area contributed by atoms with Crippen molar-refractivity contribution in [2.24, 2.45) is 4.99 Å². The molecule has 0 aliphatic carbocycles. The Morgan fingerprint density at radius 2 is 1.92 bits per heavy atom. The fraction of sp³-hybridized carbons (Fsp3) is 0.611. The van der Waals surface area contributed by atoms with Gasteiger partial charge in [0.1, 0.15) is 0 Å². The third kappa shape index (κ3) is 12.4. The lowest BCUT2D eigenvalue weighted by atomic mass is 10.1. The molecule has 0 radical (unpaired) electrons. The fourth-order valence-corrected chi connectivity index (χ4v) is 2.36. The Morgan fingerprint density at radius 1 is 1.12 bits per heavy atom. The zero-order valence-corrected chi connectivity index (χ0v) is 18.3. The Morgan fingerprint density at radius 3 is 2.64 bits per heavy atom. The van der Waals surface area contributed by atoms with Crippen LogP contribution in [0.15, 0.2) is 29.3 Å². The second-order valence-corrected chi connectivity index (χ2v) is 5.75. The van der Waals surface area contributed by atoms with Crippen molar-refractivity contribution in [3.63, 3.8) is 0 Å². The number of methoxy groups -OCH3 is 1. The van der Waals surface area contributed by atoms with Crippen LogP contribution in [-0.4, -0.2) is 52.5 Å². The third-order valence-electron chi connectivity index (χ3n) is 3.37. The molecule has 144 valence electrons. The number of aliphatic imine (C=N–C) groups is 1. The van der Waals surface area contributed by atoms with Gasteiger partial charge in [-0.3, -0.25) is 4.99 Å². The number of hydrogen-bond donors (Lipinski definition) is 2. The van der Waals surface area contributed by atoms with Crippen LogP contribution in [0, 0.1) is 0 Å². The van der Waals surface area contributed by atoms with Gasteiger partial charge in [-0.15, -0.1) is 24.0 Å². The van der Waals surface area contributed by atoms with E-state index in [1.54, 1.807) is 7.11 Å². The summed E-state index contributed by atoms with van der Waals surface area (Å²) in [6.07, 6.45) is 2.85. The van der Waals surface area contributed by atoms with Crippen molar-refractivity contribution in [2.75, 3.05) is 46.6 Å². The summed E-state index contributed by atoms with van der Waals surface area (Å²) in [5.74, 6) is 0.855. The Hall–Kier alpha value is -0.570. The van der Waals surface area contributed by atoms with Gasteiger partial charge < -0.3 is 20.1 Å². The molecule has 0 aliphatic rings. The molecule has 0 heterocycles. The molecule has 0 fully saturated rings. The minimum atomic E-state index is 0. The molecule has 1 aromatic rings. The molecule has 25 heavy (non-hydrogen) atoms. The fourth-order valence-electron chi connectivity index (χ4n) is 2.13. The number of aryl methyl sites for hydroxylation is 1. The molecule has 1 aromatic carbocycles. The number of rotatable bonds is 12. The first kappa shape index (κ1) is 24.4. The van der Waals surface area contributed by atoms with Crippen molar-refractivity contribution in [3.05, 3.63) is 34.9 Å². The van der Waals surface area contributed by atoms with Crippen molar-refractivity contribution in [1.82, 2.24) is 10.6 Å². The highest BCUT2D eigenvalue weighted by molar-refractivity contribution is 14.0. The number of hydrogen-bond acceptors (Lipinski definition) is 3. The van der Waals surface area contributed by atoms with E-state index in [1.165, 1.54) is 5.56 Å². The summed E-state index contributed by atoms with van der Waals surface area (Å²) in [7, 11) is 1.68. The molecule has 0 spiro atoms. The maximum Gasteiger partial charge on any atom is 0.191 e. The SMILES string of the molecule is CCNC(=NCCCc1ccccc1Cl)NCCCOCCOC.I. The summed E-state index contributed by atoms with van der Waals surface area (Å²) in [6.45, 7) is 6.53. The normalized spacial score (nSPS) is 11.1. The molecule has 5 nitrogen and oxygen atoms in total. The highest BCUT2D eigenvalue weighted by Gasteiger charge is 2.00. The summed E-state index contributed by atoms with van der Waals surface area (Å²) in [5.41, 5.74) is 1.18. The van der Waals surface area contributed by atoms with Crippen LogP contribution in [0.3, 0.4) is 0 Å². The second kappa shape index (κ2) is 16.9. The lowest BCUT2D eigenvalue weighted by Gasteiger charge is -2.11. The zero-order chi connectivity index (χ0) is 17.5. The largest absolute Gasteiger partial charge is 0.382 e. The minimum Gasteiger partial charge on any atom is -0.382 e. The second-order valence-electron chi connectivity index (χ2n) is 5.34.